The molecule has 2 N–H and O–H groups in total. The molecule has 0 saturated heterocycles. The quantitative estimate of drug-likeness (QED) is 0.921. The molecule has 0 aliphatic heterocycles. The minimum atomic E-state index is 0.573. The molecular formula is C13H15ClN4. The summed E-state index contributed by atoms with van der Waals surface area (Å²) in [5.41, 5.74) is 7.39. The van der Waals surface area contributed by atoms with Gasteiger partial charge >= 0.3 is 0 Å². The molecule has 0 unspecified atom stereocenters. The molecule has 0 spiro atoms. The van der Waals surface area contributed by atoms with Crippen LogP contribution in [-0.4, -0.2) is 16.5 Å². The van der Waals surface area contributed by atoms with E-state index in [1.165, 1.54) is 5.56 Å². The molecule has 4 nitrogen and oxygen atoms in total. The van der Waals surface area contributed by atoms with Gasteiger partial charge in [0.1, 0.15) is 5.82 Å². The van der Waals surface area contributed by atoms with Crippen LogP contribution in [0.25, 0.3) is 0 Å². The van der Waals surface area contributed by atoms with E-state index in [0.717, 1.165) is 18.9 Å². The Balaban J connectivity index is 2.23. The number of nitrogen functional groups attached to an aromatic ring is 1. The van der Waals surface area contributed by atoms with Gasteiger partial charge in [-0.3, -0.25) is 4.98 Å². The molecule has 0 aliphatic rings. The SMILES string of the molecule is CCN(Cc1ccncc1)c1ncc(N)cc1Cl. The first-order valence-electron chi connectivity index (χ1n) is 5.75. The zero-order chi connectivity index (χ0) is 13.0. The summed E-state index contributed by atoms with van der Waals surface area (Å²) in [6, 6.07) is 5.68. The van der Waals surface area contributed by atoms with E-state index in [9.17, 15) is 0 Å². The van der Waals surface area contributed by atoms with Gasteiger partial charge < -0.3 is 10.6 Å². The number of rotatable bonds is 4. The van der Waals surface area contributed by atoms with E-state index in [1.807, 2.05) is 12.1 Å². The second kappa shape index (κ2) is 5.69. The van der Waals surface area contributed by atoms with Crippen LogP contribution >= 0.6 is 11.6 Å². The Hall–Kier alpha value is -1.81. The molecule has 0 aliphatic carbocycles. The second-order valence-corrected chi connectivity index (χ2v) is 4.35. The Bertz CT molecular complexity index is 516. The summed E-state index contributed by atoms with van der Waals surface area (Å²) in [5, 5.41) is 0.575. The number of nitrogens with zero attached hydrogens (tertiary/aromatic N) is 3. The average Bonchev–Trinajstić information content (AvgIpc) is 2.38. The van der Waals surface area contributed by atoms with E-state index in [2.05, 4.69) is 21.8 Å². The van der Waals surface area contributed by atoms with Crippen molar-refractivity contribution < 1.29 is 0 Å². The van der Waals surface area contributed by atoms with Gasteiger partial charge in [0.2, 0.25) is 0 Å². The zero-order valence-electron chi connectivity index (χ0n) is 10.2. The summed E-state index contributed by atoms with van der Waals surface area (Å²) in [6.45, 7) is 3.63. The number of pyridine rings is 2. The fourth-order valence-electron chi connectivity index (χ4n) is 1.72. The summed E-state index contributed by atoms with van der Waals surface area (Å²) >= 11 is 6.17. The van der Waals surface area contributed by atoms with E-state index in [1.54, 1.807) is 24.7 Å². The third-order valence-electron chi connectivity index (χ3n) is 2.65. The molecule has 0 saturated carbocycles. The van der Waals surface area contributed by atoms with E-state index >= 15 is 0 Å². The highest BCUT2D eigenvalue weighted by atomic mass is 35.5. The van der Waals surface area contributed by atoms with Crippen molar-refractivity contribution in [3.63, 3.8) is 0 Å². The van der Waals surface area contributed by atoms with Gasteiger partial charge in [-0.05, 0) is 30.7 Å². The van der Waals surface area contributed by atoms with Crippen molar-refractivity contribution in [2.45, 2.75) is 13.5 Å². The lowest BCUT2D eigenvalue weighted by Gasteiger charge is -2.23. The molecule has 2 rings (SSSR count). The van der Waals surface area contributed by atoms with Gasteiger partial charge in [-0.1, -0.05) is 11.6 Å². The number of nitrogens with two attached hydrogens (primary N) is 1. The van der Waals surface area contributed by atoms with E-state index < -0.39 is 0 Å². The van der Waals surface area contributed by atoms with Gasteiger partial charge in [0.05, 0.1) is 16.9 Å². The van der Waals surface area contributed by atoms with Crippen LogP contribution in [-0.2, 0) is 6.54 Å². The Morgan fingerprint density at radius 1 is 1.33 bits per heavy atom. The maximum Gasteiger partial charge on any atom is 0.147 e. The Morgan fingerprint density at radius 3 is 2.67 bits per heavy atom. The van der Waals surface area contributed by atoms with Crippen LogP contribution in [0.1, 0.15) is 12.5 Å². The van der Waals surface area contributed by atoms with Crippen molar-refractivity contribution >= 4 is 23.1 Å². The van der Waals surface area contributed by atoms with Crippen LogP contribution in [0.2, 0.25) is 5.02 Å². The zero-order valence-corrected chi connectivity index (χ0v) is 10.9. The molecule has 0 atom stereocenters. The molecule has 94 valence electrons. The van der Waals surface area contributed by atoms with E-state index in [-0.39, 0.29) is 0 Å². The van der Waals surface area contributed by atoms with Gasteiger partial charge in [-0.2, -0.15) is 0 Å². The lowest BCUT2D eigenvalue weighted by atomic mass is 10.2. The molecule has 2 aromatic heterocycles. The van der Waals surface area contributed by atoms with Crippen LogP contribution in [0.4, 0.5) is 11.5 Å². The standard InChI is InChI=1S/C13H15ClN4/c1-2-18(9-10-3-5-16-6-4-10)13-12(14)7-11(15)8-17-13/h3-8H,2,9,15H2,1H3. The van der Waals surface area contributed by atoms with E-state index in [4.69, 9.17) is 17.3 Å². The van der Waals surface area contributed by atoms with Crippen molar-refractivity contribution in [2.75, 3.05) is 17.2 Å². The van der Waals surface area contributed by atoms with Crippen LogP contribution in [0, 0.1) is 0 Å². The van der Waals surface area contributed by atoms with Crippen molar-refractivity contribution in [3.05, 3.63) is 47.4 Å². The third kappa shape index (κ3) is 2.90. The molecule has 2 heterocycles. The minimum absolute atomic E-state index is 0.573. The number of hydrogen-bond acceptors (Lipinski definition) is 4. The summed E-state index contributed by atoms with van der Waals surface area (Å²) in [5.74, 6) is 0.755. The highest BCUT2D eigenvalue weighted by Crippen LogP contribution is 2.25. The first kappa shape index (κ1) is 12.6. The van der Waals surface area contributed by atoms with Gasteiger partial charge in [0, 0.05) is 25.5 Å². The van der Waals surface area contributed by atoms with Gasteiger partial charge in [-0.25, -0.2) is 4.98 Å². The van der Waals surface area contributed by atoms with Crippen LogP contribution in [0.3, 0.4) is 0 Å². The maximum absolute atomic E-state index is 6.17. The van der Waals surface area contributed by atoms with Gasteiger partial charge in [0.15, 0.2) is 0 Å². The van der Waals surface area contributed by atoms with Crippen molar-refractivity contribution in [3.8, 4) is 0 Å². The number of anilines is 2. The third-order valence-corrected chi connectivity index (χ3v) is 2.93. The summed E-state index contributed by atoms with van der Waals surface area (Å²) in [4.78, 5) is 10.4. The molecule has 0 radical (unpaired) electrons. The minimum Gasteiger partial charge on any atom is -0.397 e. The van der Waals surface area contributed by atoms with E-state index in [0.29, 0.717) is 10.7 Å². The number of halogens is 1. The highest BCUT2D eigenvalue weighted by Gasteiger charge is 2.11. The number of hydrogen-bond donors (Lipinski definition) is 1. The van der Waals surface area contributed by atoms with Crippen molar-refractivity contribution in [2.24, 2.45) is 0 Å². The van der Waals surface area contributed by atoms with Crippen molar-refractivity contribution in [1.29, 1.82) is 0 Å². The van der Waals surface area contributed by atoms with Crippen LogP contribution in [0.15, 0.2) is 36.8 Å². The van der Waals surface area contributed by atoms with Crippen LogP contribution < -0.4 is 10.6 Å². The van der Waals surface area contributed by atoms with Crippen LogP contribution in [0.5, 0.6) is 0 Å². The van der Waals surface area contributed by atoms with Crippen molar-refractivity contribution in [1.82, 2.24) is 9.97 Å². The summed E-state index contributed by atoms with van der Waals surface area (Å²) in [6.07, 6.45) is 5.18. The average molecular weight is 263 g/mol. The molecule has 0 amide bonds. The number of aromatic nitrogens is 2. The monoisotopic (exact) mass is 262 g/mol. The normalized spacial score (nSPS) is 10.3. The van der Waals surface area contributed by atoms with Gasteiger partial charge in [0.25, 0.3) is 0 Å². The molecule has 0 aromatic carbocycles. The molecular weight excluding hydrogens is 248 g/mol. The lowest BCUT2D eigenvalue weighted by Crippen LogP contribution is -2.23. The Labute approximate surface area is 111 Å². The highest BCUT2D eigenvalue weighted by molar-refractivity contribution is 6.33. The maximum atomic E-state index is 6.17. The molecule has 5 heteroatoms. The fraction of sp³-hybridized carbons (Fsp3) is 0.231. The molecule has 0 fully saturated rings. The summed E-state index contributed by atoms with van der Waals surface area (Å²) in [7, 11) is 0. The first-order valence-corrected chi connectivity index (χ1v) is 6.13. The largest absolute Gasteiger partial charge is 0.397 e. The smallest absolute Gasteiger partial charge is 0.147 e. The molecule has 0 bridgehead atoms. The predicted molar refractivity (Wildman–Crippen MR) is 74.6 cm³/mol. The lowest BCUT2D eigenvalue weighted by molar-refractivity contribution is 0.813. The predicted octanol–water partition coefficient (Wildman–Crippen LogP) is 2.74. The first-order chi connectivity index (χ1) is 8.70. The topological polar surface area (TPSA) is 55.0 Å². The molecule has 2 aromatic rings. The van der Waals surface area contributed by atoms with Gasteiger partial charge in [-0.15, -0.1) is 0 Å². The fourth-order valence-corrected chi connectivity index (χ4v) is 2.02. The Kier molecular flexibility index (Phi) is 3.99. The Morgan fingerprint density at radius 2 is 2.06 bits per heavy atom. The summed E-state index contributed by atoms with van der Waals surface area (Å²) < 4.78 is 0. The second-order valence-electron chi connectivity index (χ2n) is 3.94. The molecule has 18 heavy (non-hydrogen) atoms.